The first kappa shape index (κ1) is 19.0. The summed E-state index contributed by atoms with van der Waals surface area (Å²) in [4.78, 5) is 29.3. The maximum atomic E-state index is 12.3. The minimum Gasteiger partial charge on any atom is -0.466 e. The highest BCUT2D eigenvalue weighted by atomic mass is 16.5. The summed E-state index contributed by atoms with van der Waals surface area (Å²) < 4.78 is 10.2. The van der Waals surface area contributed by atoms with Gasteiger partial charge in [-0.2, -0.15) is 0 Å². The minimum absolute atomic E-state index is 0.227. The standard InChI is InChI=1S/C19H26N2O4/c1-5-24-17(22)10-8-14-15-11-13(12-21(3)4)7-9-16(15)20-18(14)19(23)25-6-2/h7,9,11,20H,5-6,8,10,12H2,1-4H3. The molecule has 0 atom stereocenters. The van der Waals surface area contributed by atoms with Gasteiger partial charge in [-0.1, -0.05) is 6.07 Å². The van der Waals surface area contributed by atoms with Crippen LogP contribution in [0, 0.1) is 0 Å². The largest absolute Gasteiger partial charge is 0.466 e. The summed E-state index contributed by atoms with van der Waals surface area (Å²) in [6.07, 6.45) is 0.656. The Balaban J connectivity index is 2.41. The number of fused-ring (bicyclic) bond motifs is 1. The predicted molar refractivity (Wildman–Crippen MR) is 96.6 cm³/mol. The molecule has 6 nitrogen and oxygen atoms in total. The average Bonchev–Trinajstić information content (AvgIpc) is 2.91. The van der Waals surface area contributed by atoms with E-state index in [0.717, 1.165) is 28.6 Å². The fourth-order valence-electron chi connectivity index (χ4n) is 2.86. The van der Waals surface area contributed by atoms with E-state index in [-0.39, 0.29) is 12.4 Å². The molecule has 1 heterocycles. The van der Waals surface area contributed by atoms with Gasteiger partial charge in [0, 0.05) is 23.9 Å². The second-order valence-corrected chi connectivity index (χ2v) is 6.12. The summed E-state index contributed by atoms with van der Waals surface area (Å²) in [6, 6.07) is 6.06. The molecule has 0 unspecified atom stereocenters. The summed E-state index contributed by atoms with van der Waals surface area (Å²) in [6.45, 7) is 5.00. The lowest BCUT2D eigenvalue weighted by Crippen LogP contribution is -2.11. The molecule has 0 fully saturated rings. The first-order valence-electron chi connectivity index (χ1n) is 8.57. The molecule has 0 aliphatic heterocycles. The Morgan fingerprint density at radius 2 is 1.84 bits per heavy atom. The fourth-order valence-corrected chi connectivity index (χ4v) is 2.86. The number of benzene rings is 1. The van der Waals surface area contributed by atoms with E-state index in [1.807, 2.05) is 26.2 Å². The lowest BCUT2D eigenvalue weighted by atomic mass is 10.0. The lowest BCUT2D eigenvalue weighted by molar-refractivity contribution is -0.143. The van der Waals surface area contributed by atoms with E-state index in [9.17, 15) is 9.59 Å². The van der Waals surface area contributed by atoms with E-state index in [1.165, 1.54) is 0 Å². The van der Waals surface area contributed by atoms with Crippen LogP contribution in [-0.4, -0.2) is 49.1 Å². The molecule has 0 aliphatic carbocycles. The monoisotopic (exact) mass is 346 g/mol. The molecule has 0 aliphatic rings. The number of rotatable bonds is 8. The second kappa shape index (κ2) is 8.67. The van der Waals surface area contributed by atoms with Gasteiger partial charge in [0.15, 0.2) is 0 Å². The number of carbonyl (C=O) groups is 2. The van der Waals surface area contributed by atoms with Gasteiger partial charge in [-0.05, 0) is 57.6 Å². The number of nitrogens with one attached hydrogen (secondary N) is 1. The Morgan fingerprint density at radius 1 is 1.12 bits per heavy atom. The number of carbonyl (C=O) groups excluding carboxylic acids is 2. The van der Waals surface area contributed by atoms with Crippen LogP contribution in [0.25, 0.3) is 10.9 Å². The van der Waals surface area contributed by atoms with Gasteiger partial charge < -0.3 is 19.4 Å². The van der Waals surface area contributed by atoms with Crippen molar-refractivity contribution in [2.24, 2.45) is 0 Å². The van der Waals surface area contributed by atoms with Crippen molar-refractivity contribution in [1.82, 2.24) is 9.88 Å². The number of hydrogen-bond donors (Lipinski definition) is 1. The number of esters is 2. The van der Waals surface area contributed by atoms with E-state index in [0.29, 0.717) is 25.3 Å². The molecule has 0 amide bonds. The van der Waals surface area contributed by atoms with Crippen molar-refractivity contribution in [1.29, 1.82) is 0 Å². The maximum Gasteiger partial charge on any atom is 0.355 e. The molecule has 6 heteroatoms. The van der Waals surface area contributed by atoms with E-state index in [2.05, 4.69) is 16.0 Å². The van der Waals surface area contributed by atoms with E-state index in [1.54, 1.807) is 13.8 Å². The third-order valence-electron chi connectivity index (χ3n) is 3.83. The predicted octanol–water partition coefficient (Wildman–Crippen LogP) is 2.90. The van der Waals surface area contributed by atoms with Crippen molar-refractivity contribution >= 4 is 22.8 Å². The molecule has 1 N–H and O–H groups in total. The number of aromatic nitrogens is 1. The van der Waals surface area contributed by atoms with Crippen LogP contribution in [-0.2, 0) is 27.2 Å². The van der Waals surface area contributed by atoms with E-state index < -0.39 is 5.97 Å². The number of aryl methyl sites for hydroxylation is 1. The highest BCUT2D eigenvalue weighted by Gasteiger charge is 2.20. The normalized spacial score (nSPS) is 11.1. The van der Waals surface area contributed by atoms with Crippen LogP contribution in [0.5, 0.6) is 0 Å². The van der Waals surface area contributed by atoms with Crippen molar-refractivity contribution < 1.29 is 19.1 Å². The molecule has 0 saturated heterocycles. The number of ether oxygens (including phenoxy) is 2. The van der Waals surface area contributed by atoms with Gasteiger partial charge in [-0.15, -0.1) is 0 Å². The topological polar surface area (TPSA) is 71.6 Å². The third-order valence-corrected chi connectivity index (χ3v) is 3.83. The van der Waals surface area contributed by atoms with Gasteiger partial charge in [0.25, 0.3) is 0 Å². The Labute approximate surface area is 148 Å². The Morgan fingerprint density at radius 3 is 2.48 bits per heavy atom. The number of nitrogens with zero attached hydrogens (tertiary/aromatic N) is 1. The zero-order chi connectivity index (χ0) is 18.4. The summed E-state index contributed by atoms with van der Waals surface area (Å²) in [7, 11) is 4.01. The van der Waals surface area contributed by atoms with Crippen molar-refractivity contribution in [2.75, 3.05) is 27.3 Å². The Hall–Kier alpha value is -2.34. The van der Waals surface area contributed by atoms with Gasteiger partial charge >= 0.3 is 11.9 Å². The van der Waals surface area contributed by atoms with Gasteiger partial charge in [0.05, 0.1) is 13.2 Å². The van der Waals surface area contributed by atoms with Crippen LogP contribution in [0.15, 0.2) is 18.2 Å². The van der Waals surface area contributed by atoms with Crippen LogP contribution in [0.4, 0.5) is 0 Å². The van der Waals surface area contributed by atoms with Gasteiger partial charge in [-0.25, -0.2) is 4.79 Å². The van der Waals surface area contributed by atoms with Crippen LogP contribution in [0.3, 0.4) is 0 Å². The lowest BCUT2D eigenvalue weighted by Gasteiger charge is -2.10. The SMILES string of the molecule is CCOC(=O)CCc1c(C(=O)OCC)[nH]c2ccc(CN(C)C)cc12. The molecule has 0 radical (unpaired) electrons. The molecular weight excluding hydrogens is 320 g/mol. The van der Waals surface area contributed by atoms with Crippen molar-refractivity contribution in [2.45, 2.75) is 33.2 Å². The summed E-state index contributed by atoms with van der Waals surface area (Å²) in [5.41, 5.74) is 3.24. The molecule has 1 aromatic carbocycles. The Kier molecular flexibility index (Phi) is 6.58. The number of H-pyrrole nitrogens is 1. The average molecular weight is 346 g/mol. The van der Waals surface area contributed by atoms with E-state index in [4.69, 9.17) is 9.47 Å². The zero-order valence-electron chi connectivity index (χ0n) is 15.3. The van der Waals surface area contributed by atoms with Gasteiger partial charge in [0.1, 0.15) is 5.69 Å². The molecule has 25 heavy (non-hydrogen) atoms. The van der Waals surface area contributed by atoms with Crippen LogP contribution < -0.4 is 0 Å². The molecule has 2 aromatic rings. The maximum absolute atomic E-state index is 12.3. The highest BCUT2D eigenvalue weighted by Crippen LogP contribution is 2.26. The smallest absolute Gasteiger partial charge is 0.355 e. The van der Waals surface area contributed by atoms with Crippen LogP contribution in [0.2, 0.25) is 0 Å². The van der Waals surface area contributed by atoms with Crippen LogP contribution in [0.1, 0.15) is 41.9 Å². The molecule has 1 aromatic heterocycles. The molecule has 0 spiro atoms. The Bertz CT molecular complexity index is 749. The zero-order valence-corrected chi connectivity index (χ0v) is 15.3. The summed E-state index contributed by atoms with van der Waals surface area (Å²) in [5, 5.41) is 0.951. The first-order chi connectivity index (χ1) is 12.0. The number of aromatic amines is 1. The molecule has 0 saturated carbocycles. The molecule has 2 rings (SSSR count). The van der Waals surface area contributed by atoms with Crippen molar-refractivity contribution in [3.05, 3.63) is 35.0 Å². The van der Waals surface area contributed by atoms with Gasteiger partial charge in [0.2, 0.25) is 0 Å². The first-order valence-corrected chi connectivity index (χ1v) is 8.57. The summed E-state index contributed by atoms with van der Waals surface area (Å²) in [5.74, 6) is -0.664. The molecule has 136 valence electrons. The number of hydrogen-bond acceptors (Lipinski definition) is 5. The van der Waals surface area contributed by atoms with Crippen molar-refractivity contribution in [3.8, 4) is 0 Å². The molecule has 0 bridgehead atoms. The second-order valence-electron chi connectivity index (χ2n) is 6.12. The van der Waals surface area contributed by atoms with Crippen molar-refractivity contribution in [3.63, 3.8) is 0 Å². The summed E-state index contributed by atoms with van der Waals surface area (Å²) >= 11 is 0. The van der Waals surface area contributed by atoms with Crippen LogP contribution >= 0.6 is 0 Å². The third kappa shape index (κ3) is 4.82. The van der Waals surface area contributed by atoms with Gasteiger partial charge in [-0.3, -0.25) is 4.79 Å². The highest BCUT2D eigenvalue weighted by molar-refractivity contribution is 5.98. The van der Waals surface area contributed by atoms with E-state index >= 15 is 0 Å². The quantitative estimate of drug-likeness (QED) is 0.744. The molecular formula is C19H26N2O4. The minimum atomic E-state index is -0.397. The fraction of sp³-hybridized carbons (Fsp3) is 0.474.